The molecule has 0 fully saturated rings. The maximum absolute atomic E-state index is 12.9. The highest BCUT2D eigenvalue weighted by atomic mass is 16.3. The Bertz CT molecular complexity index is 952. The Hall–Kier alpha value is -3.40. The van der Waals surface area contributed by atoms with Gasteiger partial charge in [-0.1, -0.05) is 49.1 Å². The number of hydrogen-bond acceptors (Lipinski definition) is 4. The highest BCUT2D eigenvalue weighted by Crippen LogP contribution is 2.37. The number of nitrogens with one attached hydrogen (secondary N) is 1. The summed E-state index contributed by atoms with van der Waals surface area (Å²) >= 11 is 0. The van der Waals surface area contributed by atoms with Gasteiger partial charge in [-0.25, -0.2) is 0 Å². The quantitative estimate of drug-likeness (QED) is 0.555. The number of carbonyl (C=O) groups excluding carboxylic acids is 2. The largest absolute Gasteiger partial charge is 0.507 e. The number of rotatable bonds is 4. The number of phenols is 1. The molecule has 0 unspecified atom stereocenters. The number of phenolic OH excluding ortho intramolecular Hbond substituents is 1. The van der Waals surface area contributed by atoms with Crippen molar-refractivity contribution in [2.24, 2.45) is 0 Å². The van der Waals surface area contributed by atoms with Crippen molar-refractivity contribution in [3.8, 4) is 5.75 Å². The molecule has 0 heterocycles. The van der Waals surface area contributed by atoms with Crippen LogP contribution in [0.25, 0.3) is 0 Å². The van der Waals surface area contributed by atoms with Crippen LogP contribution < -0.4 is 5.32 Å². The molecule has 2 aromatic carbocycles. The number of ketones is 2. The molecule has 0 bridgehead atoms. The van der Waals surface area contributed by atoms with Crippen molar-refractivity contribution < 1.29 is 14.7 Å². The van der Waals surface area contributed by atoms with E-state index in [1.165, 1.54) is 6.07 Å². The van der Waals surface area contributed by atoms with Crippen LogP contribution in [0.1, 0.15) is 38.8 Å². The van der Waals surface area contributed by atoms with Gasteiger partial charge in [0.25, 0.3) is 0 Å². The number of benzene rings is 2. The predicted octanol–water partition coefficient (Wildman–Crippen LogP) is 4.23. The van der Waals surface area contributed by atoms with E-state index in [2.05, 4.69) is 11.9 Å². The summed E-state index contributed by atoms with van der Waals surface area (Å²) in [6.07, 6.45) is 7.07. The zero-order chi connectivity index (χ0) is 18.0. The van der Waals surface area contributed by atoms with Gasteiger partial charge in [0.2, 0.25) is 0 Å². The third kappa shape index (κ3) is 2.90. The lowest BCUT2D eigenvalue weighted by atomic mass is 9.82. The molecule has 2 aromatic rings. The summed E-state index contributed by atoms with van der Waals surface area (Å²) in [6.45, 7) is 5.45. The maximum atomic E-state index is 12.9. The van der Waals surface area contributed by atoms with Crippen LogP contribution in [-0.2, 0) is 0 Å². The molecule has 0 spiro atoms. The van der Waals surface area contributed by atoms with Gasteiger partial charge in [0.1, 0.15) is 5.75 Å². The van der Waals surface area contributed by atoms with Crippen molar-refractivity contribution >= 4 is 17.3 Å². The first-order chi connectivity index (χ1) is 12.0. The van der Waals surface area contributed by atoms with E-state index in [0.717, 1.165) is 5.70 Å². The van der Waals surface area contributed by atoms with Gasteiger partial charge in [0.15, 0.2) is 11.6 Å². The topological polar surface area (TPSA) is 66.4 Å². The molecule has 4 heteroatoms. The van der Waals surface area contributed by atoms with E-state index in [4.69, 9.17) is 0 Å². The third-order valence-corrected chi connectivity index (χ3v) is 3.98. The molecule has 0 amide bonds. The summed E-state index contributed by atoms with van der Waals surface area (Å²) in [5.74, 6) is -0.820. The lowest BCUT2D eigenvalue weighted by molar-refractivity contribution is 0.0977. The van der Waals surface area contributed by atoms with Gasteiger partial charge >= 0.3 is 0 Å². The minimum absolute atomic E-state index is 0.0446. The maximum Gasteiger partial charge on any atom is 0.198 e. The van der Waals surface area contributed by atoms with Gasteiger partial charge in [0, 0.05) is 16.8 Å². The minimum atomic E-state index is -0.348. The Morgan fingerprint density at radius 2 is 1.64 bits per heavy atom. The molecule has 4 nitrogen and oxygen atoms in total. The SMILES string of the molecule is C=C/C=C\C=C(/C)Nc1ccc(O)c2c1C(=O)c1ccccc1C2=O. The van der Waals surface area contributed by atoms with Gasteiger partial charge in [0.05, 0.1) is 16.8 Å². The Morgan fingerprint density at radius 3 is 2.28 bits per heavy atom. The summed E-state index contributed by atoms with van der Waals surface area (Å²) in [5, 5.41) is 13.3. The molecule has 2 N–H and O–H groups in total. The molecule has 1 aliphatic rings. The molecule has 124 valence electrons. The number of anilines is 1. The van der Waals surface area contributed by atoms with Crippen LogP contribution >= 0.6 is 0 Å². The van der Waals surface area contributed by atoms with Crippen molar-refractivity contribution in [3.63, 3.8) is 0 Å². The molecule has 0 aliphatic heterocycles. The Kier molecular flexibility index (Phi) is 4.35. The average molecular weight is 331 g/mol. The Morgan fingerprint density at radius 1 is 1.00 bits per heavy atom. The fourth-order valence-corrected chi connectivity index (χ4v) is 2.84. The summed E-state index contributed by atoms with van der Waals surface area (Å²) in [4.78, 5) is 25.7. The monoisotopic (exact) mass is 331 g/mol. The van der Waals surface area contributed by atoms with Gasteiger partial charge < -0.3 is 10.4 Å². The van der Waals surface area contributed by atoms with Crippen LogP contribution in [0.15, 0.2) is 73.0 Å². The molecule has 0 aromatic heterocycles. The normalized spacial score (nSPS) is 13.6. The molecule has 1 aliphatic carbocycles. The van der Waals surface area contributed by atoms with Crippen LogP contribution in [0.2, 0.25) is 0 Å². The van der Waals surface area contributed by atoms with E-state index in [-0.39, 0.29) is 28.4 Å². The first-order valence-corrected chi connectivity index (χ1v) is 7.82. The number of fused-ring (bicyclic) bond motifs is 2. The highest BCUT2D eigenvalue weighted by Gasteiger charge is 2.33. The second kappa shape index (κ2) is 6.61. The smallest absolute Gasteiger partial charge is 0.198 e. The predicted molar refractivity (Wildman–Crippen MR) is 98.1 cm³/mol. The van der Waals surface area contributed by atoms with Crippen LogP contribution in [0.3, 0.4) is 0 Å². The number of allylic oxidation sites excluding steroid dienone is 5. The molecule has 25 heavy (non-hydrogen) atoms. The third-order valence-electron chi connectivity index (χ3n) is 3.98. The van der Waals surface area contributed by atoms with Crippen molar-refractivity contribution in [2.45, 2.75) is 6.92 Å². The summed E-state index contributed by atoms with van der Waals surface area (Å²) in [6, 6.07) is 9.67. The average Bonchev–Trinajstić information content (AvgIpc) is 2.61. The highest BCUT2D eigenvalue weighted by molar-refractivity contribution is 6.31. The van der Waals surface area contributed by atoms with E-state index < -0.39 is 0 Å². The van der Waals surface area contributed by atoms with Crippen LogP contribution in [-0.4, -0.2) is 16.7 Å². The van der Waals surface area contributed by atoms with Crippen molar-refractivity contribution in [1.82, 2.24) is 0 Å². The minimum Gasteiger partial charge on any atom is -0.507 e. The first kappa shape index (κ1) is 16.5. The zero-order valence-corrected chi connectivity index (χ0v) is 13.7. The van der Waals surface area contributed by atoms with Crippen molar-refractivity contribution in [2.75, 3.05) is 5.32 Å². The van der Waals surface area contributed by atoms with E-state index in [0.29, 0.717) is 16.8 Å². The lowest BCUT2D eigenvalue weighted by Crippen LogP contribution is -2.22. The van der Waals surface area contributed by atoms with Crippen LogP contribution in [0.5, 0.6) is 5.75 Å². The van der Waals surface area contributed by atoms with E-state index >= 15 is 0 Å². The molecule has 0 saturated carbocycles. The summed E-state index contributed by atoms with van der Waals surface area (Å²) < 4.78 is 0. The summed E-state index contributed by atoms with van der Waals surface area (Å²) in [7, 11) is 0. The van der Waals surface area contributed by atoms with Crippen LogP contribution in [0.4, 0.5) is 5.69 Å². The molecule has 0 saturated heterocycles. The molecule has 0 radical (unpaired) electrons. The van der Waals surface area contributed by atoms with Gasteiger partial charge in [-0.15, -0.1) is 0 Å². The van der Waals surface area contributed by atoms with Gasteiger partial charge in [-0.3, -0.25) is 9.59 Å². The van der Waals surface area contributed by atoms with Crippen molar-refractivity contribution in [3.05, 3.63) is 95.2 Å². The van der Waals surface area contributed by atoms with Crippen LogP contribution in [0, 0.1) is 0 Å². The fourth-order valence-electron chi connectivity index (χ4n) is 2.84. The van der Waals surface area contributed by atoms with Gasteiger partial charge in [-0.05, 0) is 25.1 Å². The zero-order valence-electron chi connectivity index (χ0n) is 13.7. The standard InChI is InChI=1S/C21H17NO3/c1-3-4-5-8-13(2)22-16-11-12-17(23)19-18(16)20(24)14-9-6-7-10-15(14)21(19)25/h3-12,22-23H,1H2,2H3/b5-4-,13-8+. The second-order valence-corrected chi connectivity index (χ2v) is 5.68. The second-order valence-electron chi connectivity index (χ2n) is 5.68. The Balaban J connectivity index is 2.12. The number of carbonyl (C=O) groups is 2. The molecular weight excluding hydrogens is 314 g/mol. The number of aromatic hydroxyl groups is 1. The van der Waals surface area contributed by atoms with E-state index in [1.54, 1.807) is 42.5 Å². The van der Waals surface area contributed by atoms with E-state index in [1.807, 2.05) is 19.1 Å². The Labute approximate surface area is 145 Å². The van der Waals surface area contributed by atoms with Gasteiger partial charge in [-0.2, -0.15) is 0 Å². The summed E-state index contributed by atoms with van der Waals surface area (Å²) in [5.41, 5.74) is 2.18. The molecule has 0 atom stereocenters. The molecule has 3 rings (SSSR count). The number of hydrogen-bond donors (Lipinski definition) is 2. The molecular formula is C21H17NO3. The van der Waals surface area contributed by atoms with Crippen molar-refractivity contribution in [1.29, 1.82) is 0 Å². The van der Waals surface area contributed by atoms with E-state index in [9.17, 15) is 14.7 Å². The fraction of sp³-hybridized carbons (Fsp3) is 0.0476. The lowest BCUT2D eigenvalue weighted by Gasteiger charge is -2.21. The first-order valence-electron chi connectivity index (χ1n) is 7.82.